The van der Waals surface area contributed by atoms with Crippen LogP contribution in [0, 0.1) is 5.92 Å². The fourth-order valence-corrected chi connectivity index (χ4v) is 3.51. The summed E-state index contributed by atoms with van der Waals surface area (Å²) >= 11 is 1.74. The Kier molecular flexibility index (Phi) is 6.92. The van der Waals surface area contributed by atoms with Crippen molar-refractivity contribution in [3.8, 4) is 0 Å². The minimum atomic E-state index is -0.217. The number of nitrogens with zero attached hydrogens (tertiary/aromatic N) is 2. The molecule has 27 heavy (non-hydrogen) atoms. The maximum atomic E-state index is 5.76. The Labute approximate surface area is 165 Å². The summed E-state index contributed by atoms with van der Waals surface area (Å²) < 4.78 is 16.9. The Morgan fingerprint density at radius 3 is 2.67 bits per heavy atom. The van der Waals surface area contributed by atoms with Crippen molar-refractivity contribution in [2.75, 3.05) is 26.1 Å². The molecule has 2 unspecified atom stereocenters. The summed E-state index contributed by atoms with van der Waals surface area (Å²) in [5, 5.41) is 7.67. The van der Waals surface area contributed by atoms with Gasteiger partial charge in [-0.2, -0.15) is 4.98 Å². The fourth-order valence-electron chi connectivity index (χ4n) is 3.11. The van der Waals surface area contributed by atoms with Gasteiger partial charge in [0.15, 0.2) is 5.82 Å². The Morgan fingerprint density at radius 2 is 2.04 bits per heavy atom. The van der Waals surface area contributed by atoms with Crippen LogP contribution < -0.4 is 5.32 Å². The number of hydrogen-bond acceptors (Lipinski definition) is 7. The lowest BCUT2D eigenvalue weighted by Gasteiger charge is -2.29. The lowest BCUT2D eigenvalue weighted by molar-refractivity contribution is 0.0402. The molecular weight excluding hydrogens is 362 g/mol. The van der Waals surface area contributed by atoms with Crippen LogP contribution in [0.1, 0.15) is 50.6 Å². The molecule has 1 aliphatic rings. The molecule has 0 saturated carbocycles. The highest BCUT2D eigenvalue weighted by molar-refractivity contribution is 7.98. The Balaban J connectivity index is 1.64. The first-order valence-electron chi connectivity index (χ1n) is 9.44. The normalized spacial score (nSPS) is 21.1. The number of aromatic nitrogens is 2. The number of hydrogen-bond donors (Lipinski definition) is 1. The van der Waals surface area contributed by atoms with E-state index < -0.39 is 0 Å². The molecule has 1 aromatic carbocycles. The van der Waals surface area contributed by atoms with Crippen LogP contribution in [-0.2, 0) is 21.6 Å². The lowest BCUT2D eigenvalue weighted by Crippen LogP contribution is -2.42. The second-order valence-corrected chi connectivity index (χ2v) is 8.26. The first kappa shape index (κ1) is 20.3. The van der Waals surface area contributed by atoms with E-state index in [0.29, 0.717) is 37.4 Å². The van der Waals surface area contributed by atoms with Gasteiger partial charge in [-0.1, -0.05) is 31.1 Å². The molecule has 1 aliphatic heterocycles. The van der Waals surface area contributed by atoms with Crippen LogP contribution in [0.4, 0.5) is 0 Å². The summed E-state index contributed by atoms with van der Waals surface area (Å²) in [6.45, 7) is 8.74. The van der Waals surface area contributed by atoms with Crippen LogP contribution >= 0.6 is 11.8 Å². The zero-order chi connectivity index (χ0) is 19.3. The predicted molar refractivity (Wildman–Crippen MR) is 106 cm³/mol. The molecule has 2 atom stereocenters. The van der Waals surface area contributed by atoms with Gasteiger partial charge in [-0.15, -0.1) is 11.8 Å². The SMILES string of the molecule is CSc1ccc(C2(NCc3nc(C(C)OCC(C)C)no3)CCOC2)cc1. The zero-order valence-corrected chi connectivity index (χ0v) is 17.3. The van der Waals surface area contributed by atoms with Crippen LogP contribution in [-0.4, -0.2) is 36.2 Å². The summed E-state index contributed by atoms with van der Waals surface area (Å²) in [7, 11) is 0. The molecule has 3 rings (SSSR count). The standard InChI is InChI=1S/C20H29N3O3S/c1-14(2)12-25-15(3)19-22-18(26-23-19)11-21-20(9-10-24-13-20)16-5-7-17(27-4)8-6-16/h5-8,14-15,21H,9-13H2,1-4H3. The smallest absolute Gasteiger partial charge is 0.240 e. The largest absolute Gasteiger partial charge is 0.379 e. The minimum Gasteiger partial charge on any atom is -0.379 e. The molecule has 0 bridgehead atoms. The molecule has 1 aromatic heterocycles. The van der Waals surface area contributed by atoms with Crippen LogP contribution in [0.5, 0.6) is 0 Å². The van der Waals surface area contributed by atoms with E-state index in [4.69, 9.17) is 14.0 Å². The average Bonchev–Trinajstić information content (AvgIpc) is 3.35. The third kappa shape index (κ3) is 5.10. The van der Waals surface area contributed by atoms with Crippen molar-refractivity contribution in [3.05, 3.63) is 41.5 Å². The van der Waals surface area contributed by atoms with Crippen LogP contribution in [0.25, 0.3) is 0 Å². The number of thioether (sulfide) groups is 1. The van der Waals surface area contributed by atoms with E-state index in [-0.39, 0.29) is 11.6 Å². The third-order valence-corrected chi connectivity index (χ3v) is 5.51. The molecule has 0 aliphatic carbocycles. The van der Waals surface area contributed by atoms with Crippen molar-refractivity contribution in [2.24, 2.45) is 5.92 Å². The van der Waals surface area contributed by atoms with Gasteiger partial charge in [0.1, 0.15) is 6.10 Å². The first-order valence-corrected chi connectivity index (χ1v) is 10.7. The third-order valence-electron chi connectivity index (χ3n) is 4.77. The van der Waals surface area contributed by atoms with Gasteiger partial charge in [0.25, 0.3) is 0 Å². The molecule has 2 aromatic rings. The second kappa shape index (κ2) is 9.19. The van der Waals surface area contributed by atoms with E-state index in [1.54, 1.807) is 11.8 Å². The highest BCUT2D eigenvalue weighted by atomic mass is 32.2. The number of rotatable bonds is 9. The molecule has 0 spiro atoms. The monoisotopic (exact) mass is 391 g/mol. The minimum absolute atomic E-state index is 0.173. The lowest BCUT2D eigenvalue weighted by atomic mass is 9.89. The maximum Gasteiger partial charge on any atom is 0.240 e. The van der Waals surface area contributed by atoms with Crippen molar-refractivity contribution in [3.63, 3.8) is 0 Å². The highest BCUT2D eigenvalue weighted by Crippen LogP contribution is 2.32. The van der Waals surface area contributed by atoms with Gasteiger partial charge < -0.3 is 14.0 Å². The Hall–Kier alpha value is -1.41. The van der Waals surface area contributed by atoms with E-state index in [0.717, 1.165) is 13.0 Å². The number of nitrogens with one attached hydrogen (secondary N) is 1. The number of ether oxygens (including phenoxy) is 2. The van der Waals surface area contributed by atoms with E-state index in [1.807, 2.05) is 6.92 Å². The van der Waals surface area contributed by atoms with Crippen molar-refractivity contribution in [2.45, 2.75) is 50.3 Å². The topological polar surface area (TPSA) is 69.4 Å². The molecule has 6 nitrogen and oxygen atoms in total. The molecule has 1 fully saturated rings. The maximum absolute atomic E-state index is 5.76. The van der Waals surface area contributed by atoms with E-state index in [1.165, 1.54) is 10.5 Å². The van der Waals surface area contributed by atoms with E-state index in [9.17, 15) is 0 Å². The van der Waals surface area contributed by atoms with Crippen molar-refractivity contribution in [1.29, 1.82) is 0 Å². The van der Waals surface area contributed by atoms with Crippen LogP contribution in [0.3, 0.4) is 0 Å². The van der Waals surface area contributed by atoms with Crippen LogP contribution in [0.15, 0.2) is 33.7 Å². The fraction of sp³-hybridized carbons (Fsp3) is 0.600. The van der Waals surface area contributed by atoms with Crippen LogP contribution in [0.2, 0.25) is 0 Å². The summed E-state index contributed by atoms with van der Waals surface area (Å²) in [5.74, 6) is 1.63. The van der Waals surface area contributed by atoms with Gasteiger partial charge in [0.05, 0.1) is 18.7 Å². The zero-order valence-electron chi connectivity index (χ0n) is 16.5. The van der Waals surface area contributed by atoms with Crippen molar-refractivity contribution >= 4 is 11.8 Å². The molecule has 0 radical (unpaired) electrons. The molecule has 0 amide bonds. The quantitative estimate of drug-likeness (QED) is 0.650. The Morgan fingerprint density at radius 1 is 1.26 bits per heavy atom. The summed E-state index contributed by atoms with van der Waals surface area (Å²) in [4.78, 5) is 5.75. The second-order valence-electron chi connectivity index (χ2n) is 7.38. The summed E-state index contributed by atoms with van der Waals surface area (Å²) in [6, 6.07) is 8.66. The van der Waals surface area contributed by atoms with Gasteiger partial charge >= 0.3 is 0 Å². The number of benzene rings is 1. The average molecular weight is 392 g/mol. The van der Waals surface area contributed by atoms with Crippen molar-refractivity contribution < 1.29 is 14.0 Å². The van der Waals surface area contributed by atoms with Crippen molar-refractivity contribution in [1.82, 2.24) is 15.5 Å². The summed E-state index contributed by atoms with van der Waals surface area (Å²) in [6.07, 6.45) is 2.83. The summed E-state index contributed by atoms with van der Waals surface area (Å²) in [5.41, 5.74) is 1.01. The molecule has 2 heterocycles. The van der Waals surface area contributed by atoms with Gasteiger partial charge in [0, 0.05) is 18.1 Å². The molecule has 148 valence electrons. The first-order chi connectivity index (χ1) is 13.0. The van der Waals surface area contributed by atoms with Gasteiger partial charge in [-0.05, 0) is 43.2 Å². The van der Waals surface area contributed by atoms with Gasteiger partial charge in [-0.25, -0.2) is 0 Å². The molecule has 1 saturated heterocycles. The molecule has 1 N–H and O–H groups in total. The molecular formula is C20H29N3O3S. The van der Waals surface area contributed by atoms with E-state index in [2.05, 4.69) is 59.8 Å². The predicted octanol–water partition coefficient (Wildman–Crippen LogP) is 3.93. The highest BCUT2D eigenvalue weighted by Gasteiger charge is 2.36. The molecule has 7 heteroatoms. The van der Waals surface area contributed by atoms with Gasteiger partial charge in [0.2, 0.25) is 5.89 Å². The van der Waals surface area contributed by atoms with Gasteiger partial charge in [-0.3, -0.25) is 5.32 Å². The van der Waals surface area contributed by atoms with E-state index >= 15 is 0 Å². The Bertz CT molecular complexity index is 712.